The Morgan fingerprint density at radius 3 is 2.61 bits per heavy atom. The highest BCUT2D eigenvalue weighted by Gasteiger charge is 2.50. The average Bonchev–Trinajstić information content (AvgIpc) is 2.91. The number of nitrogens with one attached hydrogen (secondary N) is 2. The second-order valence-electron chi connectivity index (χ2n) is 6.73. The topological polar surface area (TPSA) is 117 Å². The second kappa shape index (κ2) is 7.37. The summed E-state index contributed by atoms with van der Waals surface area (Å²) >= 11 is 0. The zero-order valence-electron chi connectivity index (χ0n) is 15.9. The maximum atomic E-state index is 13.0. The number of fused-ring (bicyclic) bond motifs is 1. The van der Waals surface area contributed by atoms with Gasteiger partial charge in [-0.05, 0) is 24.6 Å². The van der Waals surface area contributed by atoms with Crippen LogP contribution in [0.25, 0.3) is 0 Å². The van der Waals surface area contributed by atoms with Crippen molar-refractivity contribution in [3.63, 3.8) is 0 Å². The van der Waals surface area contributed by atoms with Gasteiger partial charge in [-0.15, -0.1) is 0 Å². The fourth-order valence-electron chi connectivity index (χ4n) is 3.03. The van der Waals surface area contributed by atoms with Crippen LogP contribution in [0.15, 0.2) is 18.2 Å². The van der Waals surface area contributed by atoms with Crippen molar-refractivity contribution in [2.45, 2.75) is 12.5 Å². The van der Waals surface area contributed by atoms with Gasteiger partial charge in [0.2, 0.25) is 11.8 Å². The fraction of sp³-hybridized carbons (Fsp3) is 0.444. The number of nitrogens with zero attached hydrogens (tertiary/aromatic N) is 2. The van der Waals surface area contributed by atoms with Crippen LogP contribution in [0.5, 0.6) is 11.5 Å². The summed E-state index contributed by atoms with van der Waals surface area (Å²) in [5.41, 5.74) is -0.823. The van der Waals surface area contributed by atoms with Crippen molar-refractivity contribution in [1.29, 1.82) is 0 Å². The van der Waals surface area contributed by atoms with Crippen LogP contribution in [0.3, 0.4) is 0 Å². The number of carbonyl (C=O) groups excluding carboxylic acids is 4. The summed E-state index contributed by atoms with van der Waals surface area (Å²) < 4.78 is 11.0. The van der Waals surface area contributed by atoms with E-state index in [2.05, 4.69) is 10.6 Å². The molecule has 0 bridgehead atoms. The Morgan fingerprint density at radius 1 is 1.25 bits per heavy atom. The van der Waals surface area contributed by atoms with E-state index in [1.54, 1.807) is 25.1 Å². The quantitative estimate of drug-likeness (QED) is 0.650. The third-order valence-corrected chi connectivity index (χ3v) is 4.77. The fourth-order valence-corrected chi connectivity index (χ4v) is 3.03. The Labute approximate surface area is 161 Å². The van der Waals surface area contributed by atoms with Crippen LogP contribution in [0.1, 0.15) is 12.5 Å². The van der Waals surface area contributed by atoms with E-state index in [0.29, 0.717) is 30.3 Å². The van der Waals surface area contributed by atoms with Crippen LogP contribution < -0.4 is 20.1 Å². The molecule has 5 amide bonds. The molecule has 1 aromatic rings. The number of ether oxygens (including phenoxy) is 2. The number of amides is 5. The first kappa shape index (κ1) is 19.5. The number of imide groups is 1. The number of rotatable bonds is 5. The predicted molar refractivity (Wildman–Crippen MR) is 96.7 cm³/mol. The molecule has 10 nitrogen and oxygen atoms in total. The largest absolute Gasteiger partial charge is 0.486 e. The number of urea groups is 1. The highest BCUT2D eigenvalue weighted by molar-refractivity contribution is 6.09. The molecule has 0 unspecified atom stereocenters. The molecule has 1 fully saturated rings. The predicted octanol–water partition coefficient (Wildman–Crippen LogP) is -0.571. The first-order chi connectivity index (χ1) is 13.3. The number of likely N-dealkylation sites (N-methyl/N-ethyl adjacent to an activating group) is 2. The van der Waals surface area contributed by atoms with Crippen LogP contribution >= 0.6 is 0 Å². The van der Waals surface area contributed by atoms with E-state index >= 15 is 0 Å². The molecule has 2 aliphatic rings. The average molecular weight is 390 g/mol. The molecule has 2 N–H and O–H groups in total. The maximum absolute atomic E-state index is 13.0. The monoisotopic (exact) mass is 390 g/mol. The van der Waals surface area contributed by atoms with E-state index in [1.165, 1.54) is 14.1 Å². The van der Waals surface area contributed by atoms with Crippen molar-refractivity contribution in [1.82, 2.24) is 20.4 Å². The van der Waals surface area contributed by atoms with Gasteiger partial charge in [-0.3, -0.25) is 19.3 Å². The Bertz CT molecular complexity index is 841. The minimum absolute atomic E-state index is 0.168. The van der Waals surface area contributed by atoms with E-state index in [9.17, 15) is 19.2 Å². The van der Waals surface area contributed by atoms with Gasteiger partial charge in [-0.1, -0.05) is 6.07 Å². The zero-order chi connectivity index (χ0) is 20.5. The molecule has 3 rings (SSSR count). The van der Waals surface area contributed by atoms with Crippen molar-refractivity contribution >= 4 is 23.8 Å². The molecule has 2 heterocycles. The molecule has 0 spiro atoms. The van der Waals surface area contributed by atoms with Crippen molar-refractivity contribution in [3.05, 3.63) is 23.8 Å². The van der Waals surface area contributed by atoms with Crippen molar-refractivity contribution in [2.75, 3.05) is 40.4 Å². The normalized spacial score (nSPS) is 20.6. The van der Waals surface area contributed by atoms with Gasteiger partial charge < -0.3 is 25.0 Å². The Morgan fingerprint density at radius 2 is 1.93 bits per heavy atom. The highest BCUT2D eigenvalue weighted by atomic mass is 16.6. The lowest BCUT2D eigenvalue weighted by molar-refractivity contribution is -0.139. The number of carbonyl (C=O) groups is 4. The summed E-state index contributed by atoms with van der Waals surface area (Å²) in [7, 11) is 2.88. The highest BCUT2D eigenvalue weighted by Crippen LogP contribution is 2.36. The lowest BCUT2D eigenvalue weighted by Gasteiger charge is -2.25. The van der Waals surface area contributed by atoms with Crippen molar-refractivity contribution in [2.24, 2.45) is 0 Å². The summed E-state index contributed by atoms with van der Waals surface area (Å²) in [6.07, 6.45) is 0. The Balaban J connectivity index is 1.77. The maximum Gasteiger partial charge on any atom is 0.325 e. The SMILES string of the molecule is CNC(=O)CN(C)C(=O)CN1C(=O)N[C@](C)(c2ccc3c(c2)OCCO3)C1=O. The van der Waals surface area contributed by atoms with Crippen LogP contribution in [0.4, 0.5) is 4.79 Å². The second-order valence-corrected chi connectivity index (χ2v) is 6.73. The summed E-state index contributed by atoms with van der Waals surface area (Å²) in [4.78, 5) is 51.1. The van der Waals surface area contributed by atoms with E-state index in [4.69, 9.17) is 9.47 Å². The third kappa shape index (κ3) is 3.45. The van der Waals surface area contributed by atoms with E-state index in [0.717, 1.165) is 9.80 Å². The van der Waals surface area contributed by atoms with E-state index in [-0.39, 0.29) is 12.5 Å². The summed E-state index contributed by atoms with van der Waals surface area (Å²) in [5.74, 6) is -0.381. The molecule has 10 heteroatoms. The Hall–Kier alpha value is -3.30. The van der Waals surface area contributed by atoms with Gasteiger partial charge in [0, 0.05) is 14.1 Å². The van der Waals surface area contributed by atoms with Crippen molar-refractivity contribution < 1.29 is 28.7 Å². The third-order valence-electron chi connectivity index (χ3n) is 4.77. The van der Waals surface area contributed by atoms with Gasteiger partial charge >= 0.3 is 6.03 Å². The lowest BCUT2D eigenvalue weighted by atomic mass is 9.91. The van der Waals surface area contributed by atoms with Gasteiger partial charge in [-0.25, -0.2) is 4.79 Å². The molecular formula is C18H22N4O6. The standard InChI is InChI=1S/C18H22N4O6/c1-18(11-4-5-12-13(8-11)28-7-6-27-12)16(25)22(17(26)20-18)10-15(24)21(3)9-14(23)19-2/h4-5,8H,6-7,9-10H2,1-3H3,(H,19,23)(H,20,26)/t18-/m1/s1. The number of benzene rings is 1. The van der Waals surface area contributed by atoms with Gasteiger partial charge in [0.1, 0.15) is 25.3 Å². The van der Waals surface area contributed by atoms with E-state index in [1.807, 2.05) is 0 Å². The smallest absolute Gasteiger partial charge is 0.325 e. The molecule has 0 aromatic heterocycles. The molecule has 0 aliphatic carbocycles. The van der Waals surface area contributed by atoms with Crippen LogP contribution in [0.2, 0.25) is 0 Å². The molecule has 1 atom stereocenters. The van der Waals surface area contributed by atoms with Crippen LogP contribution in [-0.2, 0) is 19.9 Å². The molecular weight excluding hydrogens is 368 g/mol. The lowest BCUT2D eigenvalue weighted by Crippen LogP contribution is -2.45. The van der Waals surface area contributed by atoms with Crippen molar-refractivity contribution in [3.8, 4) is 11.5 Å². The molecule has 1 aromatic carbocycles. The Kier molecular flexibility index (Phi) is 5.12. The molecule has 28 heavy (non-hydrogen) atoms. The first-order valence-corrected chi connectivity index (χ1v) is 8.75. The summed E-state index contributed by atoms with van der Waals surface area (Å²) in [6.45, 7) is 1.78. The number of hydrogen-bond acceptors (Lipinski definition) is 6. The minimum atomic E-state index is -1.34. The molecule has 0 saturated carbocycles. The molecule has 150 valence electrons. The molecule has 2 aliphatic heterocycles. The summed E-state index contributed by atoms with van der Waals surface area (Å²) in [6, 6.07) is 4.33. The van der Waals surface area contributed by atoms with Gasteiger partial charge in [0.15, 0.2) is 11.5 Å². The molecule has 0 radical (unpaired) electrons. The van der Waals surface area contributed by atoms with Gasteiger partial charge in [-0.2, -0.15) is 0 Å². The number of hydrogen-bond donors (Lipinski definition) is 2. The summed E-state index contributed by atoms with van der Waals surface area (Å²) in [5, 5.41) is 5.05. The van der Waals surface area contributed by atoms with Gasteiger partial charge in [0.25, 0.3) is 5.91 Å². The molecule has 1 saturated heterocycles. The van der Waals surface area contributed by atoms with Gasteiger partial charge in [0.05, 0.1) is 6.54 Å². The van der Waals surface area contributed by atoms with Crippen LogP contribution in [-0.4, -0.2) is 74.0 Å². The zero-order valence-corrected chi connectivity index (χ0v) is 15.9. The minimum Gasteiger partial charge on any atom is -0.486 e. The van der Waals surface area contributed by atoms with E-state index < -0.39 is 29.9 Å². The van der Waals surface area contributed by atoms with Crippen LogP contribution in [0, 0.1) is 0 Å². The first-order valence-electron chi connectivity index (χ1n) is 8.75.